The minimum absolute atomic E-state index is 0.0378. The number of rotatable bonds is 3. The fourth-order valence-corrected chi connectivity index (χ4v) is 2.65. The van der Waals surface area contributed by atoms with E-state index in [1.807, 2.05) is 32.0 Å². The zero-order valence-corrected chi connectivity index (χ0v) is 12.2. The molecule has 2 atom stereocenters. The smallest absolute Gasteiger partial charge is 0.326 e. The zero-order valence-electron chi connectivity index (χ0n) is 12.2. The highest BCUT2D eigenvalue weighted by Gasteiger charge is 2.39. The molecule has 1 aliphatic rings. The van der Waals surface area contributed by atoms with Crippen LogP contribution in [0.5, 0.6) is 0 Å². The molecule has 1 aliphatic heterocycles. The predicted molar refractivity (Wildman–Crippen MR) is 78.3 cm³/mol. The van der Waals surface area contributed by atoms with Crippen molar-refractivity contribution in [3.05, 3.63) is 29.3 Å². The quantitative estimate of drug-likeness (QED) is 0.789. The number of carboxylic acid groups (broad SMARTS) is 1. The van der Waals surface area contributed by atoms with Crippen LogP contribution < -0.4 is 5.32 Å². The fourth-order valence-electron chi connectivity index (χ4n) is 2.65. The predicted octanol–water partition coefficient (Wildman–Crippen LogP) is 1.61. The van der Waals surface area contributed by atoms with Crippen molar-refractivity contribution in [3.63, 3.8) is 0 Å². The minimum Gasteiger partial charge on any atom is -0.480 e. The van der Waals surface area contributed by atoms with Gasteiger partial charge >= 0.3 is 12.0 Å². The number of amides is 2. The van der Waals surface area contributed by atoms with E-state index in [1.165, 1.54) is 4.90 Å². The van der Waals surface area contributed by atoms with E-state index < -0.39 is 24.1 Å². The molecule has 2 rings (SSSR count). The normalized spacial score (nSPS) is 21.4. The highest BCUT2D eigenvalue weighted by Crippen LogP contribution is 2.24. The standard InChI is InChI=1S/C15H20N2O4/c1-3-10-6-4-5-9(2)13(10)16-15(21)17-8-11(18)7-12(17)14(19)20/h4-6,11-12,18H,3,7-8H2,1-2H3,(H,16,21)(H,19,20). The molecular weight excluding hydrogens is 272 g/mol. The lowest BCUT2D eigenvalue weighted by Gasteiger charge is -2.23. The molecule has 0 saturated carbocycles. The number of anilines is 1. The second-order valence-corrected chi connectivity index (χ2v) is 5.29. The molecule has 0 aliphatic carbocycles. The second-order valence-electron chi connectivity index (χ2n) is 5.29. The number of nitrogens with one attached hydrogen (secondary N) is 1. The molecule has 21 heavy (non-hydrogen) atoms. The van der Waals surface area contributed by atoms with Gasteiger partial charge in [0.2, 0.25) is 0 Å². The van der Waals surface area contributed by atoms with Gasteiger partial charge in [0.25, 0.3) is 0 Å². The summed E-state index contributed by atoms with van der Waals surface area (Å²) in [4.78, 5) is 24.7. The summed E-state index contributed by atoms with van der Waals surface area (Å²) in [6.45, 7) is 3.92. The van der Waals surface area contributed by atoms with E-state index in [-0.39, 0.29) is 13.0 Å². The molecule has 1 aromatic carbocycles. The summed E-state index contributed by atoms with van der Waals surface area (Å²) in [5, 5.41) is 21.5. The van der Waals surface area contributed by atoms with Gasteiger partial charge < -0.3 is 20.4 Å². The molecule has 2 amide bonds. The number of β-amino-alcohol motifs (C(OH)–C–C–N with tert-alkyl or cyclic N) is 1. The third-order valence-corrected chi connectivity index (χ3v) is 3.80. The van der Waals surface area contributed by atoms with E-state index in [0.717, 1.165) is 23.2 Å². The van der Waals surface area contributed by atoms with Crippen molar-refractivity contribution in [1.29, 1.82) is 0 Å². The number of hydrogen-bond donors (Lipinski definition) is 3. The summed E-state index contributed by atoms with van der Waals surface area (Å²) >= 11 is 0. The van der Waals surface area contributed by atoms with Gasteiger partial charge in [-0.25, -0.2) is 9.59 Å². The van der Waals surface area contributed by atoms with Crippen molar-refractivity contribution >= 4 is 17.7 Å². The lowest BCUT2D eigenvalue weighted by Crippen LogP contribution is -2.43. The van der Waals surface area contributed by atoms with Gasteiger partial charge in [0.1, 0.15) is 6.04 Å². The van der Waals surface area contributed by atoms with Gasteiger partial charge in [-0.2, -0.15) is 0 Å². The monoisotopic (exact) mass is 292 g/mol. The Hall–Kier alpha value is -2.08. The number of carbonyl (C=O) groups is 2. The number of aliphatic hydroxyl groups is 1. The van der Waals surface area contributed by atoms with Crippen LogP contribution in [-0.4, -0.2) is 45.8 Å². The number of aliphatic hydroxyl groups excluding tert-OH is 1. The number of benzene rings is 1. The topological polar surface area (TPSA) is 89.9 Å². The van der Waals surface area contributed by atoms with Crippen LogP contribution in [0.2, 0.25) is 0 Å². The third kappa shape index (κ3) is 3.16. The Bertz CT molecular complexity index is 559. The number of urea groups is 1. The van der Waals surface area contributed by atoms with Gasteiger partial charge in [-0.05, 0) is 24.5 Å². The summed E-state index contributed by atoms with van der Waals surface area (Å²) in [5.41, 5.74) is 2.64. The maximum Gasteiger partial charge on any atom is 0.326 e. The number of carboxylic acids is 1. The second kappa shape index (κ2) is 6.13. The average molecular weight is 292 g/mol. The number of nitrogens with zero attached hydrogens (tertiary/aromatic N) is 1. The van der Waals surface area contributed by atoms with Crippen molar-refractivity contribution in [2.75, 3.05) is 11.9 Å². The molecule has 0 bridgehead atoms. The van der Waals surface area contributed by atoms with E-state index >= 15 is 0 Å². The third-order valence-electron chi connectivity index (χ3n) is 3.80. The first-order chi connectivity index (χ1) is 9.93. The molecule has 2 unspecified atom stereocenters. The van der Waals surface area contributed by atoms with E-state index in [0.29, 0.717) is 0 Å². The first-order valence-electron chi connectivity index (χ1n) is 7.01. The van der Waals surface area contributed by atoms with Crippen molar-refractivity contribution in [1.82, 2.24) is 4.90 Å². The molecule has 3 N–H and O–H groups in total. The van der Waals surface area contributed by atoms with Gasteiger partial charge in [0.05, 0.1) is 6.10 Å². The summed E-state index contributed by atoms with van der Waals surface area (Å²) in [6, 6.07) is 4.28. The van der Waals surface area contributed by atoms with Gasteiger partial charge in [-0.15, -0.1) is 0 Å². The lowest BCUT2D eigenvalue weighted by atomic mass is 10.1. The van der Waals surface area contributed by atoms with Gasteiger partial charge in [-0.3, -0.25) is 0 Å². The number of hydrogen-bond acceptors (Lipinski definition) is 3. The van der Waals surface area contributed by atoms with Crippen LogP contribution >= 0.6 is 0 Å². The molecular formula is C15H20N2O4. The number of para-hydroxylation sites is 1. The number of likely N-dealkylation sites (tertiary alicyclic amines) is 1. The molecule has 1 fully saturated rings. The lowest BCUT2D eigenvalue weighted by molar-refractivity contribution is -0.141. The molecule has 6 nitrogen and oxygen atoms in total. The van der Waals surface area contributed by atoms with Crippen molar-refractivity contribution in [2.24, 2.45) is 0 Å². The van der Waals surface area contributed by atoms with Crippen LogP contribution in [0.1, 0.15) is 24.5 Å². The van der Waals surface area contributed by atoms with Gasteiger partial charge in [-0.1, -0.05) is 25.1 Å². The minimum atomic E-state index is -1.10. The van der Waals surface area contributed by atoms with E-state index in [2.05, 4.69) is 5.32 Å². The maximum absolute atomic E-state index is 12.3. The number of carbonyl (C=O) groups excluding carboxylic acids is 1. The van der Waals surface area contributed by atoms with Crippen LogP contribution in [0.4, 0.5) is 10.5 Å². The van der Waals surface area contributed by atoms with Crippen LogP contribution in [-0.2, 0) is 11.2 Å². The first-order valence-corrected chi connectivity index (χ1v) is 7.01. The Balaban J connectivity index is 2.20. The van der Waals surface area contributed by atoms with E-state index in [4.69, 9.17) is 5.11 Å². The van der Waals surface area contributed by atoms with Crippen molar-refractivity contribution < 1.29 is 19.8 Å². The number of aryl methyl sites for hydroxylation is 2. The summed E-state index contributed by atoms with van der Waals surface area (Å²) in [6.07, 6.45) is 0.0405. The first kappa shape index (κ1) is 15.3. The summed E-state index contributed by atoms with van der Waals surface area (Å²) in [5.74, 6) is -1.10. The zero-order chi connectivity index (χ0) is 15.6. The molecule has 1 heterocycles. The Kier molecular flexibility index (Phi) is 4.47. The highest BCUT2D eigenvalue weighted by atomic mass is 16.4. The Morgan fingerprint density at radius 1 is 1.43 bits per heavy atom. The Labute approximate surface area is 123 Å². The fraction of sp³-hybridized carbons (Fsp3) is 0.467. The molecule has 6 heteroatoms. The Morgan fingerprint density at radius 3 is 2.76 bits per heavy atom. The summed E-state index contributed by atoms with van der Waals surface area (Å²) in [7, 11) is 0. The van der Waals surface area contributed by atoms with Crippen molar-refractivity contribution in [3.8, 4) is 0 Å². The SMILES string of the molecule is CCc1cccc(C)c1NC(=O)N1CC(O)CC1C(=O)O. The van der Waals surface area contributed by atoms with Gasteiger partial charge in [0, 0.05) is 18.7 Å². The molecule has 0 aromatic heterocycles. The largest absolute Gasteiger partial charge is 0.480 e. The summed E-state index contributed by atoms with van der Waals surface area (Å²) < 4.78 is 0. The average Bonchev–Trinajstić information content (AvgIpc) is 2.83. The molecule has 0 radical (unpaired) electrons. The number of aliphatic carboxylic acids is 1. The van der Waals surface area contributed by atoms with E-state index in [9.17, 15) is 14.7 Å². The maximum atomic E-state index is 12.3. The molecule has 114 valence electrons. The van der Waals surface area contributed by atoms with Crippen LogP contribution in [0.25, 0.3) is 0 Å². The van der Waals surface area contributed by atoms with Crippen molar-refractivity contribution in [2.45, 2.75) is 38.8 Å². The molecule has 1 saturated heterocycles. The van der Waals surface area contributed by atoms with E-state index in [1.54, 1.807) is 0 Å². The molecule has 0 spiro atoms. The van der Waals surface area contributed by atoms with Gasteiger partial charge in [0.15, 0.2) is 0 Å². The van der Waals surface area contributed by atoms with Crippen LogP contribution in [0.3, 0.4) is 0 Å². The van der Waals surface area contributed by atoms with Crippen LogP contribution in [0, 0.1) is 6.92 Å². The highest BCUT2D eigenvalue weighted by molar-refractivity contribution is 5.94. The molecule has 1 aromatic rings. The van der Waals surface area contributed by atoms with Crippen LogP contribution in [0.15, 0.2) is 18.2 Å². The Morgan fingerprint density at radius 2 is 2.14 bits per heavy atom.